The lowest BCUT2D eigenvalue weighted by Gasteiger charge is -2.19. The van der Waals surface area contributed by atoms with Crippen LogP contribution in [0.3, 0.4) is 0 Å². The molecular formula is C21H22BrNO. The number of rotatable bonds is 2. The van der Waals surface area contributed by atoms with E-state index in [1.807, 2.05) is 41.0 Å². The monoisotopic (exact) mass is 383 g/mol. The van der Waals surface area contributed by atoms with E-state index in [2.05, 4.69) is 55.8 Å². The predicted molar refractivity (Wildman–Crippen MR) is 105 cm³/mol. The van der Waals surface area contributed by atoms with Gasteiger partial charge in [0.15, 0.2) is 0 Å². The number of carbonyl (C=O) groups is 1. The average Bonchev–Trinajstić information content (AvgIpc) is 2.79. The maximum Gasteiger partial charge on any atom is 0.232 e. The Morgan fingerprint density at radius 3 is 2.38 bits per heavy atom. The fraction of sp³-hybridized carbons (Fsp3) is 0.286. The molecule has 24 heavy (non-hydrogen) atoms. The van der Waals surface area contributed by atoms with E-state index in [1.165, 1.54) is 5.56 Å². The van der Waals surface area contributed by atoms with Gasteiger partial charge in [-0.25, -0.2) is 0 Å². The number of aryl methyl sites for hydroxylation is 1. The molecule has 0 N–H and O–H groups in total. The van der Waals surface area contributed by atoms with Gasteiger partial charge in [0.25, 0.3) is 0 Å². The normalized spacial score (nSPS) is 11.9. The molecule has 0 aliphatic carbocycles. The van der Waals surface area contributed by atoms with Gasteiger partial charge in [-0.05, 0) is 46.0 Å². The van der Waals surface area contributed by atoms with Crippen LogP contribution in [0.5, 0.6) is 0 Å². The molecule has 3 aromatic rings. The SMILES string of the molecule is Cc1ccc2c(c1)c(Br)c(-c1ccccc1)n2C(=O)CC(C)(C)C. The molecule has 3 heteroatoms. The molecule has 0 unspecified atom stereocenters. The van der Waals surface area contributed by atoms with Crippen molar-refractivity contribution >= 4 is 32.7 Å². The third-order valence-corrected chi connectivity index (χ3v) is 4.84. The summed E-state index contributed by atoms with van der Waals surface area (Å²) in [6, 6.07) is 16.3. The fourth-order valence-electron chi connectivity index (χ4n) is 3.01. The van der Waals surface area contributed by atoms with E-state index in [0.717, 1.165) is 26.6 Å². The van der Waals surface area contributed by atoms with Gasteiger partial charge in [0.1, 0.15) is 0 Å². The van der Waals surface area contributed by atoms with Crippen LogP contribution in [0.4, 0.5) is 0 Å². The highest BCUT2D eigenvalue weighted by molar-refractivity contribution is 9.10. The minimum absolute atomic E-state index is 0.0567. The van der Waals surface area contributed by atoms with Gasteiger partial charge in [0.05, 0.1) is 15.7 Å². The number of carbonyl (C=O) groups excluding carboxylic acids is 1. The smallest absolute Gasteiger partial charge is 0.232 e. The summed E-state index contributed by atoms with van der Waals surface area (Å²) in [5.74, 6) is 0.126. The molecule has 0 radical (unpaired) electrons. The van der Waals surface area contributed by atoms with Crippen LogP contribution in [0.2, 0.25) is 0 Å². The Balaban J connectivity index is 2.31. The first-order chi connectivity index (χ1) is 11.3. The number of hydrogen-bond donors (Lipinski definition) is 0. The Bertz CT molecular complexity index is 901. The van der Waals surface area contributed by atoms with E-state index < -0.39 is 0 Å². The quantitative estimate of drug-likeness (QED) is 0.497. The van der Waals surface area contributed by atoms with Crippen molar-refractivity contribution in [3.8, 4) is 11.3 Å². The van der Waals surface area contributed by atoms with Gasteiger partial charge in [-0.3, -0.25) is 9.36 Å². The molecule has 0 saturated carbocycles. The first-order valence-corrected chi connectivity index (χ1v) is 8.96. The summed E-state index contributed by atoms with van der Waals surface area (Å²) in [5, 5.41) is 1.08. The first-order valence-electron chi connectivity index (χ1n) is 8.17. The molecule has 2 aromatic carbocycles. The molecule has 0 aliphatic heterocycles. The Morgan fingerprint density at radius 2 is 1.75 bits per heavy atom. The molecule has 2 nitrogen and oxygen atoms in total. The largest absolute Gasteiger partial charge is 0.279 e. The molecule has 124 valence electrons. The van der Waals surface area contributed by atoms with E-state index in [-0.39, 0.29) is 11.3 Å². The zero-order valence-electron chi connectivity index (χ0n) is 14.6. The van der Waals surface area contributed by atoms with Crippen molar-refractivity contribution in [2.24, 2.45) is 5.41 Å². The summed E-state index contributed by atoms with van der Waals surface area (Å²) >= 11 is 3.75. The van der Waals surface area contributed by atoms with Crippen molar-refractivity contribution in [2.45, 2.75) is 34.1 Å². The van der Waals surface area contributed by atoms with E-state index in [1.54, 1.807) is 0 Å². The molecule has 0 spiro atoms. The van der Waals surface area contributed by atoms with Crippen molar-refractivity contribution < 1.29 is 4.79 Å². The highest BCUT2D eigenvalue weighted by Crippen LogP contribution is 2.39. The summed E-state index contributed by atoms with van der Waals surface area (Å²) in [4.78, 5) is 13.1. The third-order valence-electron chi connectivity index (χ3n) is 4.04. The van der Waals surface area contributed by atoms with Gasteiger partial charge in [0, 0.05) is 11.8 Å². The van der Waals surface area contributed by atoms with Crippen LogP contribution in [-0.2, 0) is 0 Å². The summed E-state index contributed by atoms with van der Waals surface area (Å²) in [6.45, 7) is 8.36. The van der Waals surface area contributed by atoms with Crippen LogP contribution >= 0.6 is 15.9 Å². The van der Waals surface area contributed by atoms with E-state index in [0.29, 0.717) is 6.42 Å². The maximum absolute atomic E-state index is 13.1. The first kappa shape index (κ1) is 17.0. The molecular weight excluding hydrogens is 362 g/mol. The summed E-state index contributed by atoms with van der Waals surface area (Å²) in [5.41, 5.74) is 4.06. The number of benzene rings is 2. The van der Waals surface area contributed by atoms with Gasteiger partial charge >= 0.3 is 0 Å². The molecule has 0 saturated heterocycles. The van der Waals surface area contributed by atoms with E-state index in [4.69, 9.17) is 0 Å². The van der Waals surface area contributed by atoms with E-state index >= 15 is 0 Å². The average molecular weight is 384 g/mol. The molecule has 0 amide bonds. The number of halogens is 1. The lowest BCUT2D eigenvalue weighted by Crippen LogP contribution is -2.19. The van der Waals surface area contributed by atoms with Gasteiger partial charge in [-0.1, -0.05) is 62.7 Å². The molecule has 1 heterocycles. The molecule has 0 fully saturated rings. The summed E-state index contributed by atoms with van der Waals surface area (Å²) in [7, 11) is 0. The van der Waals surface area contributed by atoms with Gasteiger partial charge < -0.3 is 0 Å². The topological polar surface area (TPSA) is 22.0 Å². The Labute approximate surface area is 151 Å². The molecule has 1 aromatic heterocycles. The van der Waals surface area contributed by atoms with Gasteiger partial charge in [-0.15, -0.1) is 0 Å². The van der Waals surface area contributed by atoms with Crippen LogP contribution in [-0.4, -0.2) is 10.5 Å². The van der Waals surface area contributed by atoms with Gasteiger partial charge in [0.2, 0.25) is 5.91 Å². The highest BCUT2D eigenvalue weighted by atomic mass is 79.9. The number of aromatic nitrogens is 1. The zero-order chi connectivity index (χ0) is 17.5. The number of fused-ring (bicyclic) bond motifs is 1. The number of hydrogen-bond acceptors (Lipinski definition) is 1. The molecule has 0 bridgehead atoms. The second kappa shape index (κ2) is 6.21. The lowest BCUT2D eigenvalue weighted by atomic mass is 9.92. The number of nitrogens with zero attached hydrogens (tertiary/aromatic N) is 1. The van der Waals surface area contributed by atoms with Crippen molar-refractivity contribution in [3.05, 3.63) is 58.6 Å². The zero-order valence-corrected chi connectivity index (χ0v) is 16.1. The lowest BCUT2D eigenvalue weighted by molar-refractivity contribution is 0.0864. The standard InChI is InChI=1S/C21H22BrNO/c1-14-10-11-17-16(12-14)19(22)20(15-8-6-5-7-9-15)23(17)18(24)13-21(2,3)4/h5-12H,13H2,1-4H3. The predicted octanol–water partition coefficient (Wildman–Crippen LogP) is 6.46. The maximum atomic E-state index is 13.1. The van der Waals surface area contributed by atoms with Crippen LogP contribution in [0, 0.1) is 12.3 Å². The second-order valence-electron chi connectivity index (χ2n) is 7.52. The van der Waals surface area contributed by atoms with Crippen molar-refractivity contribution in [3.63, 3.8) is 0 Å². The third kappa shape index (κ3) is 3.18. The summed E-state index contributed by atoms with van der Waals surface area (Å²) in [6.07, 6.45) is 0.497. The Hall–Kier alpha value is -1.87. The molecule has 0 atom stereocenters. The summed E-state index contributed by atoms with van der Waals surface area (Å²) < 4.78 is 2.86. The van der Waals surface area contributed by atoms with Crippen LogP contribution in [0.1, 0.15) is 37.6 Å². The fourth-order valence-corrected chi connectivity index (χ4v) is 3.73. The Kier molecular flexibility index (Phi) is 4.39. The molecule has 3 rings (SSSR count). The van der Waals surface area contributed by atoms with Crippen molar-refractivity contribution in [1.82, 2.24) is 4.57 Å². The van der Waals surface area contributed by atoms with Crippen LogP contribution in [0.25, 0.3) is 22.2 Å². The Morgan fingerprint density at radius 1 is 1.08 bits per heavy atom. The highest BCUT2D eigenvalue weighted by Gasteiger charge is 2.24. The van der Waals surface area contributed by atoms with Gasteiger partial charge in [-0.2, -0.15) is 0 Å². The minimum Gasteiger partial charge on any atom is -0.279 e. The van der Waals surface area contributed by atoms with Crippen LogP contribution in [0.15, 0.2) is 53.0 Å². The van der Waals surface area contributed by atoms with Crippen molar-refractivity contribution in [1.29, 1.82) is 0 Å². The van der Waals surface area contributed by atoms with Crippen molar-refractivity contribution in [2.75, 3.05) is 0 Å². The van der Waals surface area contributed by atoms with Crippen LogP contribution < -0.4 is 0 Å². The minimum atomic E-state index is -0.0567. The van der Waals surface area contributed by atoms with E-state index in [9.17, 15) is 4.79 Å². The molecule has 0 aliphatic rings. The second-order valence-corrected chi connectivity index (χ2v) is 8.31.